The molecular weight excluding hydrogens is 420 g/mol. The molecule has 4 rings (SSSR count). The van der Waals surface area contributed by atoms with Gasteiger partial charge in [-0.25, -0.2) is 9.97 Å². The van der Waals surface area contributed by atoms with Crippen molar-refractivity contribution in [2.75, 3.05) is 13.7 Å². The summed E-state index contributed by atoms with van der Waals surface area (Å²) in [4.78, 5) is 39.8. The zero-order valence-electron chi connectivity index (χ0n) is 17.2. The highest BCUT2D eigenvalue weighted by Crippen LogP contribution is 2.34. The summed E-state index contributed by atoms with van der Waals surface area (Å²) in [6.45, 7) is 6.71. The third-order valence-corrected chi connectivity index (χ3v) is 7.27. The first-order chi connectivity index (χ1) is 14.4. The molecule has 30 heavy (non-hydrogen) atoms. The van der Waals surface area contributed by atoms with E-state index in [-0.39, 0.29) is 16.4 Å². The van der Waals surface area contributed by atoms with Gasteiger partial charge in [-0.3, -0.25) is 14.2 Å². The van der Waals surface area contributed by atoms with Crippen LogP contribution in [0, 0.1) is 13.8 Å². The Hall–Kier alpha value is -2.49. The zero-order valence-corrected chi connectivity index (χ0v) is 18.8. The molecule has 1 aromatic carbocycles. The summed E-state index contributed by atoms with van der Waals surface area (Å²) in [7, 11) is 1.61. The molecule has 156 valence electrons. The predicted octanol–water partition coefficient (Wildman–Crippen LogP) is 3.81. The topological polar surface area (TPSA) is 89.9 Å². The molecule has 1 N–H and O–H groups in total. The number of nitrogens with zero attached hydrogens (tertiary/aromatic N) is 3. The molecule has 9 heteroatoms. The van der Waals surface area contributed by atoms with Gasteiger partial charge in [0, 0.05) is 12.0 Å². The van der Waals surface area contributed by atoms with Gasteiger partial charge >= 0.3 is 0 Å². The standard InChI is InChI=1S/C21H22N4O3S2/c1-11-12(2)29-19-16(11)20(27)25(9-10-28-4)21(24-19)30-13(3)17-22-15-8-6-5-7-14(15)18(26)23-17/h5-8,13H,9-10H2,1-4H3,(H,22,23,26)/t13-/m0/s1. The van der Waals surface area contributed by atoms with Crippen molar-refractivity contribution in [3.63, 3.8) is 0 Å². The summed E-state index contributed by atoms with van der Waals surface area (Å²) in [6, 6.07) is 7.25. The zero-order chi connectivity index (χ0) is 21.4. The van der Waals surface area contributed by atoms with Crippen molar-refractivity contribution >= 4 is 44.2 Å². The molecule has 0 saturated heterocycles. The van der Waals surface area contributed by atoms with Crippen LogP contribution in [0.15, 0.2) is 39.0 Å². The van der Waals surface area contributed by atoms with Gasteiger partial charge in [0.25, 0.3) is 11.1 Å². The lowest BCUT2D eigenvalue weighted by molar-refractivity contribution is 0.183. The molecule has 3 aromatic heterocycles. The Labute approximate surface area is 181 Å². The summed E-state index contributed by atoms with van der Waals surface area (Å²) >= 11 is 2.93. The quantitative estimate of drug-likeness (QED) is 0.361. The van der Waals surface area contributed by atoms with E-state index in [1.54, 1.807) is 17.7 Å². The predicted molar refractivity (Wildman–Crippen MR) is 122 cm³/mol. The number of thiophene rings is 1. The number of H-pyrrole nitrogens is 1. The van der Waals surface area contributed by atoms with Crippen molar-refractivity contribution in [2.24, 2.45) is 0 Å². The van der Waals surface area contributed by atoms with Crippen LogP contribution in [0.2, 0.25) is 0 Å². The molecule has 0 aliphatic rings. The molecule has 3 heterocycles. The van der Waals surface area contributed by atoms with E-state index in [0.29, 0.717) is 40.4 Å². The summed E-state index contributed by atoms with van der Waals surface area (Å²) in [5, 5.41) is 1.61. The van der Waals surface area contributed by atoms with Gasteiger partial charge in [-0.15, -0.1) is 11.3 Å². The fourth-order valence-electron chi connectivity index (χ4n) is 3.29. The van der Waals surface area contributed by atoms with Crippen molar-refractivity contribution < 1.29 is 4.74 Å². The SMILES string of the molecule is COCCn1c(S[C@@H](C)c2nc3ccccc3c(=O)[nH]2)nc2sc(C)c(C)c2c1=O. The Balaban J connectivity index is 1.79. The van der Waals surface area contributed by atoms with Crippen molar-refractivity contribution in [1.82, 2.24) is 19.5 Å². The van der Waals surface area contributed by atoms with Crippen LogP contribution in [0.3, 0.4) is 0 Å². The summed E-state index contributed by atoms with van der Waals surface area (Å²) in [5.74, 6) is 0.551. The molecule has 0 saturated carbocycles. The molecule has 0 aliphatic carbocycles. The van der Waals surface area contributed by atoms with Gasteiger partial charge in [0.1, 0.15) is 10.7 Å². The number of hydrogen-bond donors (Lipinski definition) is 1. The minimum Gasteiger partial charge on any atom is -0.383 e. The molecule has 0 amide bonds. The molecule has 7 nitrogen and oxygen atoms in total. The molecule has 0 spiro atoms. The number of thioether (sulfide) groups is 1. The van der Waals surface area contributed by atoms with E-state index >= 15 is 0 Å². The number of aromatic nitrogens is 4. The van der Waals surface area contributed by atoms with Crippen LogP contribution < -0.4 is 11.1 Å². The number of para-hydroxylation sites is 1. The van der Waals surface area contributed by atoms with Gasteiger partial charge in [0.15, 0.2) is 5.16 Å². The Morgan fingerprint density at radius 1 is 1.23 bits per heavy atom. The van der Waals surface area contributed by atoms with Crippen molar-refractivity contribution in [3.8, 4) is 0 Å². The Morgan fingerprint density at radius 2 is 2.00 bits per heavy atom. The maximum Gasteiger partial charge on any atom is 0.263 e. The second-order valence-electron chi connectivity index (χ2n) is 7.04. The summed E-state index contributed by atoms with van der Waals surface area (Å²) < 4.78 is 6.86. The number of ether oxygens (including phenoxy) is 1. The number of fused-ring (bicyclic) bond motifs is 2. The number of rotatable bonds is 6. The van der Waals surface area contributed by atoms with Crippen molar-refractivity contribution in [3.05, 3.63) is 61.2 Å². The lowest BCUT2D eigenvalue weighted by Gasteiger charge is -2.15. The number of hydrogen-bond acceptors (Lipinski definition) is 7. The van der Waals surface area contributed by atoms with E-state index in [9.17, 15) is 9.59 Å². The van der Waals surface area contributed by atoms with Crippen molar-refractivity contribution in [1.29, 1.82) is 0 Å². The van der Waals surface area contributed by atoms with Crippen LogP contribution in [0.5, 0.6) is 0 Å². The third-order valence-electron chi connectivity index (χ3n) is 5.07. The maximum atomic E-state index is 13.2. The van der Waals surface area contributed by atoms with Gasteiger partial charge < -0.3 is 9.72 Å². The first kappa shape index (κ1) is 20.8. The van der Waals surface area contributed by atoms with E-state index in [1.165, 1.54) is 23.1 Å². The number of aryl methyl sites for hydroxylation is 2. The van der Waals surface area contributed by atoms with E-state index in [4.69, 9.17) is 9.72 Å². The lowest BCUT2D eigenvalue weighted by Crippen LogP contribution is -2.25. The largest absolute Gasteiger partial charge is 0.383 e. The van der Waals surface area contributed by atoms with Crippen LogP contribution in [-0.2, 0) is 11.3 Å². The highest BCUT2D eigenvalue weighted by atomic mass is 32.2. The van der Waals surface area contributed by atoms with E-state index in [1.807, 2.05) is 39.0 Å². The minimum absolute atomic E-state index is 0.0615. The van der Waals surface area contributed by atoms with Crippen LogP contribution in [0.25, 0.3) is 21.1 Å². The number of benzene rings is 1. The van der Waals surface area contributed by atoms with E-state index in [0.717, 1.165) is 15.3 Å². The first-order valence-corrected chi connectivity index (χ1v) is 11.3. The van der Waals surface area contributed by atoms with Gasteiger partial charge in [0.05, 0.1) is 34.7 Å². The molecular formula is C21H22N4O3S2. The smallest absolute Gasteiger partial charge is 0.263 e. The third kappa shape index (κ3) is 3.68. The first-order valence-electron chi connectivity index (χ1n) is 9.55. The fraction of sp³-hybridized carbons (Fsp3) is 0.333. The summed E-state index contributed by atoms with van der Waals surface area (Å²) in [5.41, 5.74) is 1.39. The van der Waals surface area contributed by atoms with Crippen LogP contribution in [0.1, 0.15) is 28.4 Å². The number of aromatic amines is 1. The molecule has 0 aliphatic heterocycles. The Bertz CT molecular complexity index is 1360. The molecule has 0 radical (unpaired) electrons. The average molecular weight is 443 g/mol. The second-order valence-corrected chi connectivity index (χ2v) is 9.55. The monoisotopic (exact) mass is 442 g/mol. The summed E-state index contributed by atoms with van der Waals surface area (Å²) in [6.07, 6.45) is 0. The van der Waals surface area contributed by atoms with E-state index < -0.39 is 0 Å². The molecule has 1 atom stereocenters. The van der Waals surface area contributed by atoms with Gasteiger partial charge in [-0.2, -0.15) is 0 Å². The molecule has 4 aromatic rings. The van der Waals surface area contributed by atoms with Gasteiger partial charge in [0.2, 0.25) is 0 Å². The Kier molecular flexibility index (Phi) is 5.77. The fourth-order valence-corrected chi connectivity index (χ4v) is 5.35. The number of methoxy groups -OCH3 is 1. The minimum atomic E-state index is -0.206. The molecule has 0 unspecified atom stereocenters. The van der Waals surface area contributed by atoms with E-state index in [2.05, 4.69) is 9.97 Å². The van der Waals surface area contributed by atoms with Crippen LogP contribution in [0.4, 0.5) is 0 Å². The maximum absolute atomic E-state index is 13.2. The average Bonchev–Trinajstić information content (AvgIpc) is 3.01. The highest BCUT2D eigenvalue weighted by molar-refractivity contribution is 7.99. The Morgan fingerprint density at radius 3 is 2.77 bits per heavy atom. The molecule has 0 fully saturated rings. The normalized spacial score (nSPS) is 12.7. The van der Waals surface area contributed by atoms with Crippen LogP contribution in [-0.4, -0.2) is 33.2 Å². The van der Waals surface area contributed by atoms with Gasteiger partial charge in [-0.1, -0.05) is 23.9 Å². The highest BCUT2D eigenvalue weighted by Gasteiger charge is 2.20. The second kappa shape index (κ2) is 8.33. The molecule has 0 bridgehead atoms. The lowest BCUT2D eigenvalue weighted by atomic mass is 10.2. The van der Waals surface area contributed by atoms with Gasteiger partial charge in [-0.05, 0) is 38.5 Å². The number of nitrogens with one attached hydrogen (secondary N) is 1. The van der Waals surface area contributed by atoms with Crippen LogP contribution >= 0.6 is 23.1 Å². The van der Waals surface area contributed by atoms with Crippen molar-refractivity contribution in [2.45, 2.75) is 37.7 Å².